The maximum Gasteiger partial charge on any atom is 0.357 e. The Morgan fingerprint density at radius 1 is 0.957 bits per heavy atom. The van der Waals surface area contributed by atoms with Crippen LogP contribution in [0.15, 0.2) is 54.3 Å². The molecule has 248 valence electrons. The summed E-state index contributed by atoms with van der Waals surface area (Å²) in [6.45, 7) is 2.44. The molecular formula is C33H33NO13. The maximum absolute atomic E-state index is 13.8. The molecule has 0 amide bonds. The largest absolute Gasteiger partial charge is 0.504 e. The minimum absolute atomic E-state index is 0.0318. The van der Waals surface area contributed by atoms with Crippen molar-refractivity contribution in [3.8, 4) is 11.5 Å². The number of esters is 4. The molecule has 1 saturated heterocycles. The zero-order valence-electron chi connectivity index (χ0n) is 25.7. The Labute approximate surface area is 268 Å². The van der Waals surface area contributed by atoms with E-state index in [-0.39, 0.29) is 35.3 Å². The van der Waals surface area contributed by atoms with Crippen molar-refractivity contribution in [2.24, 2.45) is 0 Å². The van der Waals surface area contributed by atoms with E-state index in [0.717, 1.165) is 19.4 Å². The van der Waals surface area contributed by atoms with Crippen LogP contribution in [-0.4, -0.2) is 93.6 Å². The molecule has 2 aliphatic carbocycles. The van der Waals surface area contributed by atoms with E-state index in [1.165, 1.54) is 36.4 Å². The number of aliphatic hydroxyl groups is 1. The average Bonchev–Trinajstić information content (AvgIpc) is 3.38. The molecule has 3 N–H and O–H groups in total. The van der Waals surface area contributed by atoms with Gasteiger partial charge < -0.3 is 43.9 Å². The second kappa shape index (κ2) is 11.7. The van der Waals surface area contributed by atoms with Gasteiger partial charge in [0.25, 0.3) is 0 Å². The van der Waals surface area contributed by atoms with Gasteiger partial charge in [0, 0.05) is 37.4 Å². The van der Waals surface area contributed by atoms with Crippen LogP contribution in [-0.2, 0) is 54.8 Å². The Morgan fingerprint density at radius 2 is 1.62 bits per heavy atom. The van der Waals surface area contributed by atoms with Crippen LogP contribution in [0.2, 0.25) is 0 Å². The molecule has 47 heavy (non-hydrogen) atoms. The van der Waals surface area contributed by atoms with Crippen LogP contribution in [0.3, 0.4) is 0 Å². The second-order valence-electron chi connectivity index (χ2n) is 12.1. The lowest BCUT2D eigenvalue weighted by molar-refractivity contribution is -0.195. The smallest absolute Gasteiger partial charge is 0.357 e. The summed E-state index contributed by atoms with van der Waals surface area (Å²) < 4.78 is 27.4. The Morgan fingerprint density at radius 3 is 2.26 bits per heavy atom. The van der Waals surface area contributed by atoms with E-state index in [0.29, 0.717) is 24.9 Å². The van der Waals surface area contributed by atoms with Crippen LogP contribution in [0.1, 0.15) is 49.5 Å². The highest BCUT2D eigenvalue weighted by Crippen LogP contribution is 2.65. The third-order valence-corrected chi connectivity index (χ3v) is 9.46. The quantitative estimate of drug-likeness (QED) is 0.260. The number of phenols is 1. The Bertz CT molecular complexity index is 1690. The summed E-state index contributed by atoms with van der Waals surface area (Å²) >= 11 is 0. The Hall–Kier alpha value is -4.95. The molecule has 7 atom stereocenters. The van der Waals surface area contributed by atoms with Gasteiger partial charge in [-0.2, -0.15) is 0 Å². The number of aliphatic carboxylic acids is 1. The van der Waals surface area contributed by atoms with Crippen molar-refractivity contribution < 1.29 is 63.0 Å². The molecule has 0 aromatic heterocycles. The predicted molar refractivity (Wildman–Crippen MR) is 157 cm³/mol. The highest BCUT2D eigenvalue weighted by molar-refractivity contribution is 5.90. The SMILES string of the molecule is CC(=O)O[C@@H](C(=O)OC1=CC[C@@]2(O)[C@@H]3Cc4ccc(O)c5c4[C@@]2(CCN3C)[C@H]1O5)[C@@H](OC(C)=O)C(=O)O[C@@H](C(=O)O)c1ccccc1. The zero-order valence-corrected chi connectivity index (χ0v) is 25.7. The number of piperidine rings is 1. The van der Waals surface area contributed by atoms with E-state index < -0.39 is 65.3 Å². The fourth-order valence-electron chi connectivity index (χ4n) is 7.51. The van der Waals surface area contributed by atoms with Gasteiger partial charge in [0.1, 0.15) is 5.76 Å². The third-order valence-electron chi connectivity index (χ3n) is 9.46. The number of phenolic OH excluding ortho intramolecular Hbond substituents is 1. The molecule has 0 unspecified atom stereocenters. The lowest BCUT2D eigenvalue weighted by atomic mass is 9.50. The molecule has 2 aliphatic heterocycles. The van der Waals surface area contributed by atoms with E-state index in [1.54, 1.807) is 12.1 Å². The normalized spacial score (nSPS) is 27.1. The fraction of sp³-hybridized carbons (Fsp3) is 0.424. The second-order valence-corrected chi connectivity index (χ2v) is 12.1. The molecule has 14 nitrogen and oxygen atoms in total. The van der Waals surface area contributed by atoms with Crippen LogP contribution < -0.4 is 4.74 Å². The topological polar surface area (TPSA) is 195 Å². The number of likely N-dealkylation sites (N-methyl/N-ethyl adjacent to an activating group) is 1. The molecule has 0 saturated carbocycles. The van der Waals surface area contributed by atoms with Crippen molar-refractivity contribution in [2.75, 3.05) is 13.6 Å². The lowest BCUT2D eigenvalue weighted by Crippen LogP contribution is -2.74. The molecule has 4 aliphatic rings. The van der Waals surface area contributed by atoms with Gasteiger partial charge in [-0.25, -0.2) is 14.4 Å². The highest BCUT2D eigenvalue weighted by atomic mass is 16.6. The lowest BCUT2D eigenvalue weighted by Gasteiger charge is -2.61. The number of rotatable bonds is 9. The molecule has 6 rings (SSSR count). The van der Waals surface area contributed by atoms with Gasteiger partial charge in [0.2, 0.25) is 18.3 Å². The first kappa shape index (κ1) is 32.0. The molecule has 2 bridgehead atoms. The third kappa shape index (κ3) is 5.08. The van der Waals surface area contributed by atoms with Crippen LogP contribution in [0.4, 0.5) is 0 Å². The zero-order chi connectivity index (χ0) is 33.8. The summed E-state index contributed by atoms with van der Waals surface area (Å²) in [5.41, 5.74) is -0.906. The maximum atomic E-state index is 13.8. The van der Waals surface area contributed by atoms with Crippen molar-refractivity contribution in [2.45, 2.75) is 74.6 Å². The monoisotopic (exact) mass is 651 g/mol. The van der Waals surface area contributed by atoms with Gasteiger partial charge in [0.05, 0.1) is 11.0 Å². The molecular weight excluding hydrogens is 618 g/mol. The summed E-state index contributed by atoms with van der Waals surface area (Å²) in [5.74, 6) is -6.59. The van der Waals surface area contributed by atoms with Crippen molar-refractivity contribution in [1.29, 1.82) is 0 Å². The van der Waals surface area contributed by atoms with Crippen molar-refractivity contribution in [1.82, 2.24) is 4.90 Å². The summed E-state index contributed by atoms with van der Waals surface area (Å²) in [6, 6.07) is 10.4. The van der Waals surface area contributed by atoms with E-state index in [9.17, 15) is 39.3 Å². The molecule has 2 aromatic rings. The molecule has 1 spiro atoms. The Kier molecular flexibility index (Phi) is 7.96. The number of carboxylic acid groups (broad SMARTS) is 1. The highest BCUT2D eigenvalue weighted by Gasteiger charge is 2.72. The molecule has 14 heteroatoms. The first-order valence-corrected chi connectivity index (χ1v) is 15.0. The van der Waals surface area contributed by atoms with Gasteiger partial charge in [-0.15, -0.1) is 0 Å². The van der Waals surface area contributed by atoms with E-state index in [1.807, 2.05) is 7.05 Å². The van der Waals surface area contributed by atoms with Crippen LogP contribution in [0.5, 0.6) is 11.5 Å². The van der Waals surface area contributed by atoms with Crippen LogP contribution in [0, 0.1) is 0 Å². The molecule has 1 fully saturated rings. The first-order chi connectivity index (χ1) is 22.3. The predicted octanol–water partition coefficient (Wildman–Crippen LogP) is 1.45. The average molecular weight is 652 g/mol. The van der Waals surface area contributed by atoms with Crippen LogP contribution in [0.25, 0.3) is 0 Å². The molecule has 0 radical (unpaired) electrons. The van der Waals surface area contributed by atoms with Crippen molar-refractivity contribution in [3.63, 3.8) is 0 Å². The van der Waals surface area contributed by atoms with Crippen LogP contribution >= 0.6 is 0 Å². The fourth-order valence-corrected chi connectivity index (χ4v) is 7.51. The summed E-state index contributed by atoms with van der Waals surface area (Å²) in [6.07, 6.45) is -5.06. The number of carbonyl (C=O) groups excluding carboxylic acids is 4. The van der Waals surface area contributed by atoms with E-state index in [4.69, 9.17) is 23.7 Å². The van der Waals surface area contributed by atoms with Gasteiger partial charge >= 0.3 is 29.8 Å². The number of hydrogen-bond acceptors (Lipinski definition) is 13. The number of hydrogen-bond donors (Lipinski definition) is 3. The van der Waals surface area contributed by atoms with Gasteiger partial charge in [0.15, 0.2) is 17.6 Å². The van der Waals surface area contributed by atoms with Gasteiger partial charge in [-0.1, -0.05) is 36.4 Å². The number of nitrogens with zero attached hydrogens (tertiary/aromatic N) is 1. The van der Waals surface area contributed by atoms with E-state index in [2.05, 4.69) is 4.90 Å². The Balaban J connectivity index is 1.34. The standard InChI is InChI=1S/C33H33NO13/c1-16(35)43-26(27(44-17(2)36)31(41)47-24(29(38)39)18-7-5-4-6-8-18)30(40)45-21-11-12-33(42)22-15-19-9-10-20(37)25-23(19)32(33,28(21)46-25)13-14-34(22)3/h4-11,22,24,26-28,37,42H,12-15H2,1-3H3,(H,38,39)/t22-,24+,26+,27+,28-,32-,33+/m0/s1. The number of ether oxygens (including phenoxy) is 5. The summed E-state index contributed by atoms with van der Waals surface area (Å²) in [4.78, 5) is 65.5. The minimum Gasteiger partial charge on any atom is -0.504 e. The number of benzene rings is 2. The van der Waals surface area contributed by atoms with E-state index >= 15 is 0 Å². The number of carbonyl (C=O) groups is 5. The molecule has 2 aromatic carbocycles. The van der Waals surface area contributed by atoms with Crippen molar-refractivity contribution in [3.05, 3.63) is 71.0 Å². The molecule has 2 heterocycles. The first-order valence-electron chi connectivity index (χ1n) is 15.0. The van der Waals surface area contributed by atoms with Gasteiger partial charge in [-0.05, 0) is 44.1 Å². The number of likely N-dealkylation sites (tertiary alicyclic amines) is 1. The minimum atomic E-state index is -2.26. The summed E-state index contributed by atoms with van der Waals surface area (Å²) in [5, 5.41) is 32.8. The van der Waals surface area contributed by atoms with Gasteiger partial charge in [-0.3, -0.25) is 9.59 Å². The number of aromatic hydroxyl groups is 1. The summed E-state index contributed by atoms with van der Waals surface area (Å²) in [7, 11) is 1.91. The number of carboxylic acids is 1. The van der Waals surface area contributed by atoms with Crippen molar-refractivity contribution >= 4 is 29.8 Å².